The highest BCUT2D eigenvalue weighted by Gasteiger charge is 2.16. The molecule has 11 heteroatoms. The van der Waals surface area contributed by atoms with Crippen molar-refractivity contribution in [1.82, 2.24) is 19.7 Å². The van der Waals surface area contributed by atoms with Gasteiger partial charge < -0.3 is 5.32 Å². The Hall–Kier alpha value is -2.95. The molecule has 0 aliphatic rings. The zero-order valence-corrected chi connectivity index (χ0v) is 17.2. The number of pyridine rings is 1. The molecule has 1 aromatic carbocycles. The number of benzene rings is 1. The molecule has 0 unspecified atom stereocenters. The fourth-order valence-electron chi connectivity index (χ4n) is 2.50. The van der Waals surface area contributed by atoms with Crippen LogP contribution in [0.1, 0.15) is 5.56 Å². The van der Waals surface area contributed by atoms with Crippen LogP contribution in [0, 0.1) is 0 Å². The summed E-state index contributed by atoms with van der Waals surface area (Å²) in [5, 5.41) is 10.1. The Morgan fingerprint density at radius 3 is 2.59 bits per heavy atom. The molecule has 0 spiro atoms. The van der Waals surface area contributed by atoms with Crippen LogP contribution in [-0.2, 0) is 16.6 Å². The summed E-state index contributed by atoms with van der Waals surface area (Å²) in [7, 11) is -3.72. The van der Waals surface area contributed by atoms with Crippen molar-refractivity contribution < 1.29 is 8.42 Å². The van der Waals surface area contributed by atoms with Gasteiger partial charge in [-0.05, 0) is 29.8 Å². The van der Waals surface area contributed by atoms with Crippen LogP contribution in [0.4, 0.5) is 16.6 Å². The molecule has 4 rings (SSSR count). The normalized spacial score (nSPS) is 11.3. The van der Waals surface area contributed by atoms with Crippen LogP contribution in [0.5, 0.6) is 0 Å². The maximum absolute atomic E-state index is 12.3. The van der Waals surface area contributed by atoms with Gasteiger partial charge in [0.15, 0.2) is 5.13 Å². The molecule has 0 saturated carbocycles. The lowest BCUT2D eigenvalue weighted by atomic mass is 10.2. The number of hydrogen-bond acceptors (Lipinski definition) is 7. The largest absolute Gasteiger partial charge is 0.338 e. The van der Waals surface area contributed by atoms with Gasteiger partial charge in [0, 0.05) is 29.0 Å². The summed E-state index contributed by atoms with van der Waals surface area (Å²) in [6, 6.07) is 10.6. The van der Waals surface area contributed by atoms with Crippen LogP contribution in [0.25, 0.3) is 0 Å². The van der Waals surface area contributed by atoms with Gasteiger partial charge in [-0.15, -0.1) is 11.3 Å². The Morgan fingerprint density at radius 2 is 1.90 bits per heavy atom. The Labute approximate surface area is 176 Å². The van der Waals surface area contributed by atoms with Crippen LogP contribution in [0.15, 0.2) is 71.5 Å². The maximum atomic E-state index is 12.3. The summed E-state index contributed by atoms with van der Waals surface area (Å²) in [6.45, 7) is 0.603. The second-order valence-corrected chi connectivity index (χ2v) is 9.01. The molecule has 0 bridgehead atoms. The van der Waals surface area contributed by atoms with Crippen LogP contribution < -0.4 is 10.0 Å². The minimum atomic E-state index is -3.72. The lowest BCUT2D eigenvalue weighted by Gasteiger charge is -2.06. The van der Waals surface area contributed by atoms with Crippen molar-refractivity contribution in [2.75, 3.05) is 10.0 Å². The van der Waals surface area contributed by atoms with Crippen LogP contribution >= 0.6 is 22.9 Å². The molecule has 0 aliphatic carbocycles. The monoisotopic (exact) mass is 446 g/mol. The topological polar surface area (TPSA) is 102 Å². The first-order valence-corrected chi connectivity index (χ1v) is 11.1. The van der Waals surface area contributed by atoms with Crippen molar-refractivity contribution in [2.45, 2.75) is 11.4 Å². The summed E-state index contributed by atoms with van der Waals surface area (Å²) in [5.41, 5.74) is 1.81. The van der Waals surface area contributed by atoms with Gasteiger partial charge in [-0.2, -0.15) is 5.10 Å². The molecule has 3 heterocycles. The molecule has 0 atom stereocenters. The number of hydrogen-bond donors (Lipinski definition) is 2. The number of anilines is 3. The first kappa shape index (κ1) is 19.4. The van der Waals surface area contributed by atoms with E-state index in [9.17, 15) is 8.42 Å². The second-order valence-electron chi connectivity index (χ2n) is 6.00. The van der Waals surface area contributed by atoms with E-state index < -0.39 is 10.0 Å². The van der Waals surface area contributed by atoms with Crippen molar-refractivity contribution in [1.29, 1.82) is 0 Å². The third-order valence-electron chi connectivity index (χ3n) is 3.86. The van der Waals surface area contributed by atoms with Gasteiger partial charge in [0.2, 0.25) is 0 Å². The standard InChI is InChI=1S/C18H15ClN6O2S2/c19-14-3-1-13(2-4-14)11-25-12-15(9-22-25)23-17-6-5-16(10-21-17)29(26,27)24-18-20-7-8-28-18/h1-10,12H,11H2,(H,20,24)(H,21,23). The van der Waals surface area contributed by atoms with E-state index in [-0.39, 0.29) is 4.90 Å². The van der Waals surface area contributed by atoms with Gasteiger partial charge in [0.25, 0.3) is 10.0 Å². The maximum Gasteiger partial charge on any atom is 0.265 e. The molecule has 8 nitrogen and oxygen atoms in total. The summed E-state index contributed by atoms with van der Waals surface area (Å²) >= 11 is 7.10. The number of nitrogens with zero attached hydrogens (tertiary/aromatic N) is 4. The fraction of sp³-hybridized carbons (Fsp3) is 0.0556. The fourth-order valence-corrected chi connectivity index (χ4v) is 4.36. The van der Waals surface area contributed by atoms with E-state index in [0.717, 1.165) is 11.3 Å². The van der Waals surface area contributed by atoms with E-state index in [1.807, 2.05) is 30.5 Å². The molecule has 148 valence electrons. The minimum Gasteiger partial charge on any atom is -0.338 e. The quantitative estimate of drug-likeness (QED) is 0.445. The van der Waals surface area contributed by atoms with Crippen LogP contribution in [-0.4, -0.2) is 28.2 Å². The molecular weight excluding hydrogens is 432 g/mol. The van der Waals surface area contributed by atoms with E-state index in [0.29, 0.717) is 22.5 Å². The molecule has 0 aliphatic heterocycles. The first-order valence-electron chi connectivity index (χ1n) is 8.40. The van der Waals surface area contributed by atoms with E-state index in [4.69, 9.17) is 11.6 Å². The first-order chi connectivity index (χ1) is 14.0. The highest BCUT2D eigenvalue weighted by atomic mass is 35.5. The smallest absolute Gasteiger partial charge is 0.265 e. The molecule has 4 aromatic rings. The van der Waals surface area contributed by atoms with Crippen LogP contribution in [0.3, 0.4) is 0 Å². The number of nitrogens with one attached hydrogen (secondary N) is 2. The number of thiazole rings is 1. The minimum absolute atomic E-state index is 0.0525. The Bertz CT molecular complexity index is 1190. The number of aromatic nitrogens is 4. The summed E-state index contributed by atoms with van der Waals surface area (Å²) < 4.78 is 28.9. The van der Waals surface area contributed by atoms with Gasteiger partial charge in [0.05, 0.1) is 18.4 Å². The lowest BCUT2D eigenvalue weighted by Crippen LogP contribution is -2.13. The summed E-state index contributed by atoms with van der Waals surface area (Å²) in [4.78, 5) is 8.14. The highest BCUT2D eigenvalue weighted by Crippen LogP contribution is 2.20. The molecule has 0 amide bonds. The molecule has 29 heavy (non-hydrogen) atoms. The molecule has 2 N–H and O–H groups in total. The summed E-state index contributed by atoms with van der Waals surface area (Å²) in [5.74, 6) is 0.504. The number of rotatable bonds is 7. The SMILES string of the molecule is O=S(=O)(Nc1nccs1)c1ccc(Nc2cnn(Cc3ccc(Cl)cc3)c2)nc1. The van der Waals surface area contributed by atoms with E-state index in [1.165, 1.54) is 29.8 Å². The Morgan fingerprint density at radius 1 is 1.07 bits per heavy atom. The lowest BCUT2D eigenvalue weighted by molar-refractivity contribution is 0.601. The summed E-state index contributed by atoms with van der Waals surface area (Å²) in [6.07, 6.45) is 6.33. The number of halogens is 1. The van der Waals surface area contributed by atoms with Gasteiger partial charge in [-0.25, -0.2) is 18.4 Å². The van der Waals surface area contributed by atoms with Gasteiger partial charge in [0.1, 0.15) is 10.7 Å². The van der Waals surface area contributed by atoms with E-state index in [1.54, 1.807) is 22.3 Å². The zero-order valence-electron chi connectivity index (χ0n) is 14.9. The van der Waals surface area contributed by atoms with Gasteiger partial charge in [-0.3, -0.25) is 9.40 Å². The molecule has 3 aromatic heterocycles. The second kappa shape index (κ2) is 8.19. The van der Waals surface area contributed by atoms with Gasteiger partial charge in [-0.1, -0.05) is 23.7 Å². The van der Waals surface area contributed by atoms with Crippen molar-refractivity contribution in [2.24, 2.45) is 0 Å². The van der Waals surface area contributed by atoms with E-state index in [2.05, 4.69) is 25.1 Å². The third-order valence-corrected chi connectivity index (χ3v) is 6.26. The van der Waals surface area contributed by atoms with Gasteiger partial charge >= 0.3 is 0 Å². The molecule has 0 radical (unpaired) electrons. The average Bonchev–Trinajstić information content (AvgIpc) is 3.36. The predicted octanol–water partition coefficient (Wildman–Crippen LogP) is 3.98. The third kappa shape index (κ3) is 4.91. The molecule has 0 saturated heterocycles. The molecule has 0 fully saturated rings. The highest BCUT2D eigenvalue weighted by molar-refractivity contribution is 7.93. The van der Waals surface area contributed by atoms with Crippen molar-refractivity contribution >= 4 is 49.6 Å². The molecular formula is C18H15ClN6O2S2. The van der Waals surface area contributed by atoms with Crippen molar-refractivity contribution in [3.63, 3.8) is 0 Å². The Kier molecular flexibility index (Phi) is 5.47. The Balaban J connectivity index is 1.41. The van der Waals surface area contributed by atoms with Crippen molar-refractivity contribution in [3.05, 3.63) is 77.2 Å². The van der Waals surface area contributed by atoms with E-state index >= 15 is 0 Å². The predicted molar refractivity (Wildman–Crippen MR) is 113 cm³/mol. The number of sulfonamides is 1. The average molecular weight is 447 g/mol. The van der Waals surface area contributed by atoms with Crippen LogP contribution in [0.2, 0.25) is 5.02 Å². The van der Waals surface area contributed by atoms with Crippen molar-refractivity contribution in [3.8, 4) is 0 Å². The zero-order chi connectivity index (χ0) is 20.3.